The quantitative estimate of drug-likeness (QED) is 0.333. The Balaban J connectivity index is 1.54. The molecule has 208 valence electrons. The number of anilines is 1. The van der Waals surface area contributed by atoms with Crippen molar-refractivity contribution < 1.29 is 22.3 Å². The summed E-state index contributed by atoms with van der Waals surface area (Å²) in [5.41, 5.74) is 1.29. The molecule has 0 spiro atoms. The minimum Gasteiger partial charge on any atom is -0.480 e. The number of carbonyl (C=O) groups is 1. The van der Waals surface area contributed by atoms with Crippen molar-refractivity contribution >= 4 is 44.1 Å². The number of methoxy groups -OCH3 is 1. The van der Waals surface area contributed by atoms with Gasteiger partial charge in [0.1, 0.15) is 16.4 Å². The Morgan fingerprint density at radius 2 is 1.93 bits per heavy atom. The molecule has 40 heavy (non-hydrogen) atoms. The van der Waals surface area contributed by atoms with E-state index >= 15 is 0 Å². The Morgan fingerprint density at radius 3 is 2.65 bits per heavy atom. The largest absolute Gasteiger partial charge is 0.480 e. The van der Waals surface area contributed by atoms with Crippen LogP contribution < -0.4 is 20.3 Å². The van der Waals surface area contributed by atoms with Gasteiger partial charge < -0.3 is 10.1 Å². The van der Waals surface area contributed by atoms with Gasteiger partial charge in [-0.3, -0.25) is 18.9 Å². The van der Waals surface area contributed by atoms with Crippen LogP contribution in [-0.2, 0) is 14.8 Å². The number of ether oxygens (including phenoxy) is 1. The van der Waals surface area contributed by atoms with E-state index in [1.54, 1.807) is 25.2 Å². The number of amides is 1. The zero-order valence-corrected chi connectivity index (χ0v) is 23.1. The molecule has 2 heterocycles. The molecule has 0 bridgehead atoms. The van der Waals surface area contributed by atoms with Crippen molar-refractivity contribution in [2.45, 2.75) is 30.2 Å². The average molecular weight is 586 g/mol. The highest BCUT2D eigenvalue weighted by atomic mass is 35.5. The lowest BCUT2D eigenvalue weighted by molar-refractivity contribution is -0.125. The van der Waals surface area contributed by atoms with E-state index in [9.17, 15) is 22.4 Å². The molecule has 0 saturated heterocycles. The van der Waals surface area contributed by atoms with E-state index in [0.29, 0.717) is 34.9 Å². The van der Waals surface area contributed by atoms with Crippen molar-refractivity contribution in [2.75, 3.05) is 18.9 Å². The van der Waals surface area contributed by atoms with Gasteiger partial charge in [0.2, 0.25) is 11.8 Å². The second-order valence-electron chi connectivity index (χ2n) is 9.37. The lowest BCUT2D eigenvalue weighted by atomic mass is 10.0. The van der Waals surface area contributed by atoms with Gasteiger partial charge in [0.15, 0.2) is 0 Å². The van der Waals surface area contributed by atoms with Crippen LogP contribution in [0.25, 0.3) is 22.0 Å². The van der Waals surface area contributed by atoms with Crippen LogP contribution in [-0.4, -0.2) is 43.0 Å². The molecule has 1 saturated carbocycles. The number of benzene rings is 2. The third-order valence-electron chi connectivity index (χ3n) is 7.01. The second kappa shape index (κ2) is 10.9. The molecule has 0 radical (unpaired) electrons. The highest BCUT2D eigenvalue weighted by molar-refractivity contribution is 7.92. The number of halogens is 2. The number of carbonyl (C=O) groups excluding carboxylic acids is 1. The highest BCUT2D eigenvalue weighted by Gasteiger charge is 2.34. The van der Waals surface area contributed by atoms with Gasteiger partial charge in [-0.05, 0) is 54.8 Å². The standard InChI is InChI=1S/C27H25ClFN5O5S/c1-30-25(35)18-4-3-5-23(18)34-14-32-21-8-6-15(10-19(21)27(34)36)16-11-22(26(39-2)31-13-16)33-40(37,38)24-9-7-17(29)12-20(24)28/h6-14,18,23,33H,3-5H2,1-2H3,(H,30,35). The average Bonchev–Trinajstić information content (AvgIpc) is 3.42. The lowest BCUT2D eigenvalue weighted by Gasteiger charge is -2.20. The van der Waals surface area contributed by atoms with Crippen LogP contribution in [0.5, 0.6) is 5.88 Å². The Hall–Kier alpha value is -4.03. The summed E-state index contributed by atoms with van der Waals surface area (Å²) in [6.07, 6.45) is 5.17. The molecule has 4 aromatic rings. The molecule has 1 aliphatic rings. The van der Waals surface area contributed by atoms with Crippen molar-refractivity contribution in [1.82, 2.24) is 19.9 Å². The smallest absolute Gasteiger partial charge is 0.263 e. The Kier molecular flexibility index (Phi) is 7.47. The molecule has 0 aliphatic heterocycles. The number of hydrogen-bond donors (Lipinski definition) is 2. The molecule has 10 nitrogen and oxygen atoms in total. The summed E-state index contributed by atoms with van der Waals surface area (Å²) in [4.78, 5) is 34.3. The first-order chi connectivity index (χ1) is 19.1. The fourth-order valence-electron chi connectivity index (χ4n) is 5.06. The number of nitrogens with zero attached hydrogens (tertiary/aromatic N) is 3. The minimum atomic E-state index is -4.23. The van der Waals surface area contributed by atoms with Crippen molar-refractivity contribution in [3.8, 4) is 17.0 Å². The van der Waals surface area contributed by atoms with Gasteiger partial charge in [0.25, 0.3) is 15.6 Å². The van der Waals surface area contributed by atoms with Crippen LogP contribution in [0.1, 0.15) is 25.3 Å². The van der Waals surface area contributed by atoms with E-state index in [4.69, 9.17) is 16.3 Å². The van der Waals surface area contributed by atoms with Crippen LogP contribution in [0.2, 0.25) is 5.02 Å². The predicted molar refractivity (Wildman–Crippen MR) is 148 cm³/mol. The number of fused-ring (bicyclic) bond motifs is 1. The third kappa shape index (κ3) is 5.11. The second-order valence-corrected chi connectivity index (χ2v) is 11.4. The molecule has 1 amide bonds. The third-order valence-corrected chi connectivity index (χ3v) is 8.86. The summed E-state index contributed by atoms with van der Waals surface area (Å²) in [7, 11) is -1.31. The monoisotopic (exact) mass is 585 g/mol. The molecule has 2 atom stereocenters. The van der Waals surface area contributed by atoms with Crippen LogP contribution >= 0.6 is 11.6 Å². The van der Waals surface area contributed by atoms with Crippen molar-refractivity contribution in [2.24, 2.45) is 5.92 Å². The maximum absolute atomic E-state index is 13.5. The minimum absolute atomic E-state index is 0.00292. The van der Waals surface area contributed by atoms with Gasteiger partial charge in [0, 0.05) is 24.8 Å². The summed E-state index contributed by atoms with van der Waals surface area (Å²) in [6, 6.07) is 9.25. The van der Waals surface area contributed by atoms with Gasteiger partial charge in [-0.2, -0.15) is 0 Å². The topological polar surface area (TPSA) is 132 Å². The zero-order chi connectivity index (χ0) is 28.6. The van der Waals surface area contributed by atoms with Crippen molar-refractivity contribution in [1.29, 1.82) is 0 Å². The summed E-state index contributed by atoms with van der Waals surface area (Å²) < 4.78 is 48.7. The Labute approximate surface area is 234 Å². The van der Waals surface area contributed by atoms with E-state index in [0.717, 1.165) is 24.6 Å². The summed E-state index contributed by atoms with van der Waals surface area (Å²) in [5.74, 6) is -1.10. The maximum Gasteiger partial charge on any atom is 0.263 e. The van der Waals surface area contributed by atoms with E-state index in [2.05, 4.69) is 20.0 Å². The number of rotatable bonds is 7. The van der Waals surface area contributed by atoms with Crippen LogP contribution in [0.15, 0.2) is 64.7 Å². The van der Waals surface area contributed by atoms with Crippen molar-refractivity contribution in [3.05, 3.63) is 76.2 Å². The normalized spacial score (nSPS) is 17.1. The maximum atomic E-state index is 13.5. The summed E-state index contributed by atoms with van der Waals surface area (Å²) in [5, 5.41) is 2.74. The van der Waals surface area contributed by atoms with Crippen LogP contribution in [0.3, 0.4) is 0 Å². The molecule has 5 rings (SSSR count). The van der Waals surface area contributed by atoms with Gasteiger partial charge in [-0.25, -0.2) is 22.8 Å². The SMILES string of the molecule is CNC(=O)C1CCCC1n1cnc2ccc(-c3cnc(OC)c(NS(=O)(=O)c4ccc(F)cc4Cl)c3)cc2c1=O. The molecule has 2 unspecified atom stereocenters. The number of aromatic nitrogens is 3. The van der Waals surface area contributed by atoms with Gasteiger partial charge in [-0.1, -0.05) is 24.1 Å². The Bertz CT molecular complexity index is 1800. The first-order valence-electron chi connectivity index (χ1n) is 12.4. The van der Waals surface area contributed by atoms with E-state index in [-0.39, 0.29) is 44.9 Å². The molecular formula is C27H25ClFN5O5S. The number of pyridine rings is 1. The van der Waals surface area contributed by atoms with Crippen LogP contribution in [0.4, 0.5) is 10.1 Å². The first-order valence-corrected chi connectivity index (χ1v) is 14.2. The van der Waals surface area contributed by atoms with Gasteiger partial charge in [0.05, 0.1) is 35.3 Å². The first kappa shape index (κ1) is 27.5. The zero-order valence-electron chi connectivity index (χ0n) is 21.5. The molecular weight excluding hydrogens is 561 g/mol. The predicted octanol–water partition coefficient (Wildman–Crippen LogP) is 4.15. The molecule has 2 aromatic carbocycles. The Morgan fingerprint density at radius 1 is 1.12 bits per heavy atom. The lowest BCUT2D eigenvalue weighted by Crippen LogP contribution is -2.35. The summed E-state index contributed by atoms with van der Waals surface area (Å²) in [6.45, 7) is 0. The van der Waals surface area contributed by atoms with E-state index in [1.165, 1.54) is 30.3 Å². The van der Waals surface area contributed by atoms with Gasteiger partial charge in [-0.15, -0.1) is 0 Å². The van der Waals surface area contributed by atoms with Crippen molar-refractivity contribution in [3.63, 3.8) is 0 Å². The fraction of sp³-hybridized carbons (Fsp3) is 0.259. The number of sulfonamides is 1. The fourth-order valence-corrected chi connectivity index (χ4v) is 6.64. The molecule has 1 fully saturated rings. The molecule has 13 heteroatoms. The number of nitrogens with one attached hydrogen (secondary N) is 2. The highest BCUT2D eigenvalue weighted by Crippen LogP contribution is 2.36. The number of hydrogen-bond acceptors (Lipinski definition) is 7. The van der Waals surface area contributed by atoms with Gasteiger partial charge >= 0.3 is 0 Å². The van der Waals surface area contributed by atoms with E-state index in [1.807, 2.05) is 0 Å². The molecule has 2 N–H and O–H groups in total. The van der Waals surface area contributed by atoms with E-state index < -0.39 is 15.8 Å². The van der Waals surface area contributed by atoms with Crippen LogP contribution in [0, 0.1) is 11.7 Å². The summed E-state index contributed by atoms with van der Waals surface area (Å²) >= 11 is 5.98. The molecule has 1 aliphatic carbocycles. The molecule has 2 aromatic heterocycles.